The van der Waals surface area contributed by atoms with Gasteiger partial charge in [-0.1, -0.05) is 40.0 Å². The molecule has 0 aromatic carbocycles. The molecule has 0 unspecified atom stereocenters. The quantitative estimate of drug-likeness (QED) is 0.612. The molecule has 0 aromatic rings. The van der Waals surface area contributed by atoms with Gasteiger partial charge < -0.3 is 15.3 Å². The van der Waals surface area contributed by atoms with Crippen molar-refractivity contribution in [2.24, 2.45) is 5.92 Å². The fourth-order valence-electron chi connectivity index (χ4n) is 0.670. The van der Waals surface area contributed by atoms with Crippen LogP contribution >= 0.6 is 0 Å². The van der Waals surface area contributed by atoms with Crippen molar-refractivity contribution in [3.8, 4) is 0 Å². The summed E-state index contributed by atoms with van der Waals surface area (Å²) in [5.41, 5.74) is 0. The lowest BCUT2D eigenvalue weighted by atomic mass is 10.1. The summed E-state index contributed by atoms with van der Waals surface area (Å²) in [6, 6.07) is 0. The van der Waals surface area contributed by atoms with Crippen molar-refractivity contribution in [1.82, 2.24) is 0 Å². The summed E-state index contributed by atoms with van der Waals surface area (Å²) in [7, 11) is 0. The van der Waals surface area contributed by atoms with Crippen molar-refractivity contribution < 1.29 is 15.3 Å². The predicted octanol–water partition coefficient (Wildman–Crippen LogP) is 1.16. The van der Waals surface area contributed by atoms with E-state index in [1.54, 1.807) is 0 Å². The second-order valence-corrected chi connectivity index (χ2v) is 3.56. The first kappa shape index (κ1) is 15.4. The largest absolute Gasteiger partial charge is 0.394 e. The molecule has 0 spiro atoms. The molecule has 3 N–H and O–H groups in total. The molecular formula is C10H24O3. The van der Waals surface area contributed by atoms with Gasteiger partial charge >= 0.3 is 0 Å². The van der Waals surface area contributed by atoms with E-state index in [1.165, 1.54) is 19.3 Å². The molecule has 0 radical (unpaired) electrons. The average Bonchev–Trinajstić information content (AvgIpc) is 2.14. The highest BCUT2D eigenvalue weighted by atomic mass is 16.3. The van der Waals surface area contributed by atoms with Gasteiger partial charge in [-0.05, 0) is 5.92 Å². The molecule has 0 aliphatic carbocycles. The summed E-state index contributed by atoms with van der Waals surface area (Å²) in [5, 5.41) is 24.0. The van der Waals surface area contributed by atoms with Crippen LogP contribution in [0.3, 0.4) is 0 Å². The number of aliphatic hydroxyl groups is 3. The lowest BCUT2D eigenvalue weighted by Crippen LogP contribution is -2.15. The molecule has 0 bridgehead atoms. The fourth-order valence-corrected chi connectivity index (χ4v) is 0.670. The van der Waals surface area contributed by atoms with Gasteiger partial charge in [-0.3, -0.25) is 0 Å². The van der Waals surface area contributed by atoms with E-state index in [0.29, 0.717) is 0 Å². The van der Waals surface area contributed by atoms with Gasteiger partial charge in [0.25, 0.3) is 0 Å². The van der Waals surface area contributed by atoms with Gasteiger partial charge in [0.05, 0.1) is 13.2 Å². The Bertz CT molecular complexity index is 80.2. The van der Waals surface area contributed by atoms with Crippen LogP contribution in [0.1, 0.15) is 40.0 Å². The Balaban J connectivity index is 0. The Morgan fingerprint density at radius 3 is 1.62 bits per heavy atom. The summed E-state index contributed by atoms with van der Waals surface area (Å²) >= 11 is 0. The van der Waals surface area contributed by atoms with Crippen molar-refractivity contribution in [2.45, 2.75) is 46.1 Å². The second kappa shape index (κ2) is 11.9. The molecule has 0 saturated carbocycles. The lowest BCUT2D eigenvalue weighted by Gasteiger charge is -1.98. The smallest absolute Gasteiger partial charge is 0.100 e. The van der Waals surface area contributed by atoms with E-state index in [4.69, 9.17) is 15.3 Å². The van der Waals surface area contributed by atoms with Gasteiger partial charge in [-0.15, -0.1) is 0 Å². The van der Waals surface area contributed by atoms with Crippen molar-refractivity contribution in [2.75, 3.05) is 13.2 Å². The standard InChI is InChI=1S/C7H16.C3H8O3/c1-4-5-6-7(2)3;4-1-3(6)2-5/h7H,4-6H2,1-3H3;3-6H,1-2H2. The van der Waals surface area contributed by atoms with Crippen LogP contribution < -0.4 is 0 Å². The van der Waals surface area contributed by atoms with E-state index in [2.05, 4.69) is 20.8 Å². The zero-order valence-electron chi connectivity index (χ0n) is 9.03. The number of aliphatic hydroxyl groups excluding tert-OH is 3. The van der Waals surface area contributed by atoms with Crippen LogP contribution in [0.5, 0.6) is 0 Å². The molecule has 0 aliphatic heterocycles. The first-order valence-electron chi connectivity index (χ1n) is 4.98. The second-order valence-electron chi connectivity index (χ2n) is 3.56. The van der Waals surface area contributed by atoms with Crippen LogP contribution in [0, 0.1) is 5.92 Å². The molecule has 3 nitrogen and oxygen atoms in total. The maximum absolute atomic E-state index is 8.17. The third kappa shape index (κ3) is 18.7. The van der Waals surface area contributed by atoms with E-state index in [9.17, 15) is 0 Å². The maximum atomic E-state index is 8.17. The molecule has 0 aromatic heterocycles. The number of hydrogen-bond acceptors (Lipinski definition) is 3. The van der Waals surface area contributed by atoms with Crippen molar-refractivity contribution in [3.63, 3.8) is 0 Å². The molecule has 0 saturated heterocycles. The third-order valence-corrected chi connectivity index (χ3v) is 1.56. The summed E-state index contributed by atoms with van der Waals surface area (Å²) in [4.78, 5) is 0. The van der Waals surface area contributed by atoms with Crippen LogP contribution in [0.25, 0.3) is 0 Å². The van der Waals surface area contributed by atoms with Gasteiger partial charge in [0.2, 0.25) is 0 Å². The highest BCUT2D eigenvalue weighted by molar-refractivity contribution is 4.44. The molecule has 0 rings (SSSR count). The van der Waals surface area contributed by atoms with Gasteiger partial charge in [0.15, 0.2) is 0 Å². The molecular weight excluding hydrogens is 168 g/mol. The monoisotopic (exact) mass is 192 g/mol. The van der Waals surface area contributed by atoms with E-state index in [-0.39, 0.29) is 13.2 Å². The van der Waals surface area contributed by atoms with E-state index in [0.717, 1.165) is 5.92 Å². The topological polar surface area (TPSA) is 60.7 Å². The predicted molar refractivity (Wildman–Crippen MR) is 54.5 cm³/mol. The zero-order valence-corrected chi connectivity index (χ0v) is 9.03. The van der Waals surface area contributed by atoms with Crippen LogP contribution in [0.2, 0.25) is 0 Å². The first-order chi connectivity index (χ1) is 6.08. The van der Waals surface area contributed by atoms with E-state index < -0.39 is 6.10 Å². The fraction of sp³-hybridized carbons (Fsp3) is 1.00. The first-order valence-corrected chi connectivity index (χ1v) is 4.98. The summed E-state index contributed by atoms with van der Waals surface area (Å²) < 4.78 is 0. The summed E-state index contributed by atoms with van der Waals surface area (Å²) in [6.45, 7) is 6.06. The molecule has 0 fully saturated rings. The molecule has 0 amide bonds. The van der Waals surface area contributed by atoms with Crippen molar-refractivity contribution in [1.29, 1.82) is 0 Å². The molecule has 0 atom stereocenters. The SMILES string of the molecule is CCCCC(C)C.OCC(O)CO. The zero-order chi connectivity index (χ0) is 10.7. The minimum atomic E-state index is -0.954. The van der Waals surface area contributed by atoms with Crippen LogP contribution in [0.4, 0.5) is 0 Å². The Morgan fingerprint density at radius 2 is 1.54 bits per heavy atom. The Hall–Kier alpha value is -0.120. The number of rotatable bonds is 5. The van der Waals surface area contributed by atoms with Crippen LogP contribution in [0.15, 0.2) is 0 Å². The van der Waals surface area contributed by atoms with Gasteiger partial charge in [0, 0.05) is 0 Å². The molecule has 0 aliphatic rings. The Labute approximate surface area is 81.4 Å². The minimum absolute atomic E-state index is 0.365. The van der Waals surface area contributed by atoms with Gasteiger partial charge in [0.1, 0.15) is 6.10 Å². The number of hydrogen-bond donors (Lipinski definition) is 3. The summed E-state index contributed by atoms with van der Waals surface area (Å²) in [6.07, 6.45) is 3.19. The molecule has 13 heavy (non-hydrogen) atoms. The number of unbranched alkanes of at least 4 members (excludes halogenated alkanes) is 1. The average molecular weight is 192 g/mol. The van der Waals surface area contributed by atoms with Crippen LogP contribution in [-0.2, 0) is 0 Å². The highest BCUT2D eigenvalue weighted by Gasteiger charge is 1.93. The molecule has 82 valence electrons. The minimum Gasteiger partial charge on any atom is -0.394 e. The van der Waals surface area contributed by atoms with Crippen LogP contribution in [-0.4, -0.2) is 34.6 Å². The third-order valence-electron chi connectivity index (χ3n) is 1.56. The highest BCUT2D eigenvalue weighted by Crippen LogP contribution is 2.04. The Morgan fingerprint density at radius 1 is 1.08 bits per heavy atom. The lowest BCUT2D eigenvalue weighted by molar-refractivity contribution is 0.0450. The normalized spacial score (nSPS) is 10.2. The van der Waals surface area contributed by atoms with Crippen molar-refractivity contribution in [3.05, 3.63) is 0 Å². The van der Waals surface area contributed by atoms with E-state index >= 15 is 0 Å². The maximum Gasteiger partial charge on any atom is 0.100 e. The summed E-state index contributed by atoms with van der Waals surface area (Å²) in [5.74, 6) is 0.903. The van der Waals surface area contributed by atoms with Gasteiger partial charge in [-0.25, -0.2) is 0 Å². The molecule has 0 heterocycles. The van der Waals surface area contributed by atoms with Gasteiger partial charge in [-0.2, -0.15) is 0 Å². The van der Waals surface area contributed by atoms with E-state index in [1.807, 2.05) is 0 Å². The molecule has 3 heteroatoms. The van der Waals surface area contributed by atoms with Crippen molar-refractivity contribution >= 4 is 0 Å². The Kier molecular flexibility index (Phi) is 14.0.